The Hall–Kier alpha value is -2.83. The molecule has 3 N–H and O–H groups in total. The fraction of sp³-hybridized carbons (Fsp3) is 0.214. The second kappa shape index (κ2) is 6.08. The highest BCUT2D eigenvalue weighted by atomic mass is 16.5. The lowest BCUT2D eigenvalue weighted by Gasteiger charge is -2.06. The molecule has 2 aromatic heterocycles. The van der Waals surface area contributed by atoms with Crippen LogP contribution in [0.5, 0.6) is 0 Å². The number of anilines is 1. The molecule has 0 aromatic carbocycles. The molecule has 0 spiro atoms. The Morgan fingerprint density at radius 2 is 2.24 bits per heavy atom. The van der Waals surface area contributed by atoms with Crippen LogP contribution in [0.15, 0.2) is 30.7 Å². The summed E-state index contributed by atoms with van der Waals surface area (Å²) in [6.45, 7) is 0.129. The number of hydrogen-bond donors (Lipinski definition) is 2. The number of esters is 1. The van der Waals surface area contributed by atoms with E-state index in [-0.39, 0.29) is 24.3 Å². The van der Waals surface area contributed by atoms with Gasteiger partial charge < -0.3 is 20.1 Å². The third-order valence-electron chi connectivity index (χ3n) is 3.04. The van der Waals surface area contributed by atoms with Crippen molar-refractivity contribution in [3.63, 3.8) is 0 Å². The van der Waals surface area contributed by atoms with Gasteiger partial charge in [-0.3, -0.25) is 9.78 Å². The standard InChI is InChI=1S/C14H15N3O4/c1-21-14(20)13-12(15)10(9-3-2-5-16-7-9)8-17(13)6-4-11(18)19/h2-3,5,7-8H,4,6,15H2,1H3,(H,18,19). The van der Waals surface area contributed by atoms with E-state index in [9.17, 15) is 9.59 Å². The maximum atomic E-state index is 11.9. The fourth-order valence-electron chi connectivity index (χ4n) is 2.04. The minimum Gasteiger partial charge on any atom is -0.481 e. The van der Waals surface area contributed by atoms with E-state index in [4.69, 9.17) is 15.6 Å². The first kappa shape index (κ1) is 14.6. The van der Waals surface area contributed by atoms with E-state index in [1.54, 1.807) is 30.7 Å². The number of hydrogen-bond acceptors (Lipinski definition) is 5. The van der Waals surface area contributed by atoms with Crippen molar-refractivity contribution < 1.29 is 19.4 Å². The summed E-state index contributed by atoms with van der Waals surface area (Å²) in [5, 5.41) is 8.78. The van der Waals surface area contributed by atoms with Gasteiger partial charge in [0.1, 0.15) is 0 Å². The second-order valence-corrected chi connectivity index (χ2v) is 4.38. The number of carbonyl (C=O) groups is 2. The Labute approximate surface area is 121 Å². The zero-order valence-corrected chi connectivity index (χ0v) is 11.4. The minimum atomic E-state index is -0.957. The van der Waals surface area contributed by atoms with E-state index in [0.717, 1.165) is 5.56 Å². The summed E-state index contributed by atoms with van der Waals surface area (Å²) in [5.41, 5.74) is 7.79. The van der Waals surface area contributed by atoms with Gasteiger partial charge in [0.05, 0.1) is 19.2 Å². The molecule has 2 heterocycles. The highest BCUT2D eigenvalue weighted by molar-refractivity contribution is 5.98. The number of aryl methyl sites for hydroxylation is 1. The number of aliphatic carboxylic acids is 1. The van der Waals surface area contributed by atoms with Crippen molar-refractivity contribution in [1.29, 1.82) is 0 Å². The number of aromatic nitrogens is 2. The molecule has 7 heteroatoms. The Kier molecular flexibility index (Phi) is 4.22. The van der Waals surface area contributed by atoms with Gasteiger partial charge in [-0.2, -0.15) is 0 Å². The van der Waals surface area contributed by atoms with E-state index in [1.807, 2.05) is 0 Å². The molecule has 2 rings (SSSR count). The van der Waals surface area contributed by atoms with Gasteiger partial charge >= 0.3 is 11.9 Å². The Morgan fingerprint density at radius 3 is 2.81 bits per heavy atom. The average molecular weight is 289 g/mol. The number of nitrogens with zero attached hydrogens (tertiary/aromatic N) is 2. The average Bonchev–Trinajstić information content (AvgIpc) is 2.82. The maximum Gasteiger partial charge on any atom is 0.356 e. The van der Waals surface area contributed by atoms with Crippen molar-refractivity contribution in [1.82, 2.24) is 9.55 Å². The van der Waals surface area contributed by atoms with Crippen LogP contribution in [0, 0.1) is 0 Å². The van der Waals surface area contributed by atoms with Gasteiger partial charge in [0.25, 0.3) is 0 Å². The van der Waals surface area contributed by atoms with Crippen LogP contribution in [0.3, 0.4) is 0 Å². The normalized spacial score (nSPS) is 10.3. The molecule has 0 aliphatic rings. The van der Waals surface area contributed by atoms with Crippen LogP contribution in [0.2, 0.25) is 0 Å². The molecule has 0 atom stereocenters. The lowest BCUT2D eigenvalue weighted by molar-refractivity contribution is -0.137. The van der Waals surface area contributed by atoms with Gasteiger partial charge in [0.15, 0.2) is 5.69 Å². The first-order chi connectivity index (χ1) is 10.0. The van der Waals surface area contributed by atoms with Crippen molar-refractivity contribution in [2.24, 2.45) is 0 Å². The van der Waals surface area contributed by atoms with Gasteiger partial charge in [-0.05, 0) is 6.07 Å². The summed E-state index contributed by atoms with van der Waals surface area (Å²) in [6, 6.07) is 3.56. The Bertz CT molecular complexity index is 664. The maximum absolute atomic E-state index is 11.9. The van der Waals surface area contributed by atoms with E-state index in [0.29, 0.717) is 5.56 Å². The van der Waals surface area contributed by atoms with Crippen LogP contribution in [-0.2, 0) is 16.1 Å². The first-order valence-corrected chi connectivity index (χ1v) is 6.23. The molecule has 0 bridgehead atoms. The molecule has 0 fully saturated rings. The zero-order chi connectivity index (χ0) is 15.4. The van der Waals surface area contributed by atoms with Gasteiger partial charge in [-0.15, -0.1) is 0 Å². The number of rotatable bonds is 5. The molecule has 7 nitrogen and oxygen atoms in total. The molecule has 110 valence electrons. The molecule has 0 saturated carbocycles. The molecule has 0 amide bonds. The smallest absolute Gasteiger partial charge is 0.356 e. The van der Waals surface area contributed by atoms with E-state index in [1.165, 1.54) is 11.7 Å². The summed E-state index contributed by atoms with van der Waals surface area (Å²) in [5.74, 6) is -1.56. The number of pyridine rings is 1. The topological polar surface area (TPSA) is 107 Å². The van der Waals surface area contributed by atoms with Crippen LogP contribution < -0.4 is 5.73 Å². The van der Waals surface area contributed by atoms with Gasteiger partial charge in [0.2, 0.25) is 0 Å². The quantitative estimate of drug-likeness (QED) is 0.805. The van der Waals surface area contributed by atoms with Gasteiger partial charge in [-0.25, -0.2) is 4.79 Å². The summed E-state index contributed by atoms with van der Waals surface area (Å²) in [7, 11) is 1.25. The van der Waals surface area contributed by atoms with Crippen molar-refractivity contribution in [2.45, 2.75) is 13.0 Å². The number of nitrogens with two attached hydrogens (primary N) is 1. The summed E-state index contributed by atoms with van der Waals surface area (Å²) in [4.78, 5) is 26.6. The molecular weight excluding hydrogens is 274 g/mol. The third kappa shape index (κ3) is 3.02. The summed E-state index contributed by atoms with van der Waals surface area (Å²) >= 11 is 0. The molecular formula is C14H15N3O4. The van der Waals surface area contributed by atoms with Crippen LogP contribution in [0.1, 0.15) is 16.9 Å². The van der Waals surface area contributed by atoms with Gasteiger partial charge in [-0.1, -0.05) is 6.07 Å². The van der Waals surface area contributed by atoms with Crippen molar-refractivity contribution in [3.8, 4) is 11.1 Å². The van der Waals surface area contributed by atoms with Crippen molar-refractivity contribution in [3.05, 3.63) is 36.4 Å². The second-order valence-electron chi connectivity index (χ2n) is 4.38. The summed E-state index contributed by atoms with van der Waals surface area (Å²) in [6.07, 6.45) is 4.77. The number of ether oxygens (including phenoxy) is 1. The monoisotopic (exact) mass is 289 g/mol. The minimum absolute atomic E-state index is 0.120. The summed E-state index contributed by atoms with van der Waals surface area (Å²) < 4.78 is 6.21. The van der Waals surface area contributed by atoms with E-state index in [2.05, 4.69) is 4.98 Å². The predicted molar refractivity (Wildman–Crippen MR) is 75.7 cm³/mol. The van der Waals surface area contributed by atoms with E-state index >= 15 is 0 Å². The number of carboxylic acid groups (broad SMARTS) is 1. The SMILES string of the molecule is COC(=O)c1c(N)c(-c2cccnc2)cn1CCC(=O)O. The lowest BCUT2D eigenvalue weighted by Crippen LogP contribution is -2.13. The van der Waals surface area contributed by atoms with Gasteiger partial charge in [0, 0.05) is 36.3 Å². The molecule has 0 radical (unpaired) electrons. The number of nitrogen functional groups attached to an aromatic ring is 1. The molecule has 21 heavy (non-hydrogen) atoms. The van der Waals surface area contributed by atoms with Crippen LogP contribution in [0.25, 0.3) is 11.1 Å². The van der Waals surface area contributed by atoms with Crippen molar-refractivity contribution >= 4 is 17.6 Å². The van der Waals surface area contributed by atoms with Crippen LogP contribution in [-0.4, -0.2) is 33.7 Å². The number of carboxylic acids is 1. The van der Waals surface area contributed by atoms with Crippen LogP contribution in [0.4, 0.5) is 5.69 Å². The number of methoxy groups -OCH3 is 1. The molecule has 0 saturated heterocycles. The van der Waals surface area contributed by atoms with E-state index < -0.39 is 11.9 Å². The van der Waals surface area contributed by atoms with Crippen molar-refractivity contribution in [2.75, 3.05) is 12.8 Å². The van der Waals surface area contributed by atoms with Crippen LogP contribution >= 0.6 is 0 Å². The molecule has 2 aromatic rings. The highest BCUT2D eigenvalue weighted by Crippen LogP contribution is 2.30. The zero-order valence-electron chi connectivity index (χ0n) is 11.4. The highest BCUT2D eigenvalue weighted by Gasteiger charge is 2.21. The Morgan fingerprint density at radius 1 is 1.48 bits per heavy atom. The molecule has 0 aliphatic heterocycles. The third-order valence-corrected chi connectivity index (χ3v) is 3.04. The number of carbonyl (C=O) groups excluding carboxylic acids is 1. The fourth-order valence-corrected chi connectivity index (χ4v) is 2.04. The largest absolute Gasteiger partial charge is 0.481 e. The predicted octanol–water partition coefficient (Wildman–Crippen LogP) is 1.39. The molecule has 0 unspecified atom stereocenters. The first-order valence-electron chi connectivity index (χ1n) is 6.23. The lowest BCUT2D eigenvalue weighted by atomic mass is 10.1. The Balaban J connectivity index is 2.49. The molecule has 0 aliphatic carbocycles.